The van der Waals surface area contributed by atoms with Crippen LogP contribution in [0.25, 0.3) is 0 Å². The average molecular weight is 213 g/mol. The topological polar surface area (TPSA) is 76.3 Å². The first kappa shape index (κ1) is 9.26. The SMILES string of the molecule is Nc1ccc(N2CCCS2(=O)=O)cn1. The zero-order valence-electron chi connectivity index (χ0n) is 7.55. The lowest BCUT2D eigenvalue weighted by Gasteiger charge is -2.15. The molecule has 0 atom stereocenters. The highest BCUT2D eigenvalue weighted by Crippen LogP contribution is 2.23. The van der Waals surface area contributed by atoms with Crippen LogP contribution in [-0.2, 0) is 10.0 Å². The molecule has 76 valence electrons. The van der Waals surface area contributed by atoms with Crippen LogP contribution in [0, 0.1) is 0 Å². The molecule has 1 aliphatic heterocycles. The Bertz CT molecular complexity index is 426. The Labute approximate surface area is 82.6 Å². The van der Waals surface area contributed by atoms with Crippen LogP contribution in [0.5, 0.6) is 0 Å². The lowest BCUT2D eigenvalue weighted by Crippen LogP contribution is -2.25. The van der Waals surface area contributed by atoms with Gasteiger partial charge in [-0.15, -0.1) is 0 Å². The standard InChI is InChI=1S/C8H11N3O2S/c9-8-3-2-7(6-10-8)11-4-1-5-14(11,12)13/h2-3,6H,1,4-5H2,(H2,9,10). The van der Waals surface area contributed by atoms with E-state index in [1.54, 1.807) is 12.1 Å². The molecule has 0 amide bonds. The third-order valence-electron chi connectivity index (χ3n) is 2.16. The number of nitrogens with two attached hydrogens (primary N) is 1. The molecule has 1 fully saturated rings. The summed E-state index contributed by atoms with van der Waals surface area (Å²) in [7, 11) is -3.10. The number of pyridine rings is 1. The fourth-order valence-electron chi connectivity index (χ4n) is 1.47. The minimum Gasteiger partial charge on any atom is -0.384 e. The third-order valence-corrected chi connectivity index (χ3v) is 4.03. The molecular weight excluding hydrogens is 202 g/mol. The second-order valence-electron chi connectivity index (χ2n) is 3.18. The summed E-state index contributed by atoms with van der Waals surface area (Å²) < 4.78 is 24.4. The van der Waals surface area contributed by atoms with Gasteiger partial charge >= 0.3 is 0 Å². The van der Waals surface area contributed by atoms with Gasteiger partial charge in [0.2, 0.25) is 10.0 Å². The van der Waals surface area contributed by atoms with Crippen molar-refractivity contribution in [1.82, 2.24) is 4.98 Å². The second-order valence-corrected chi connectivity index (χ2v) is 5.20. The zero-order valence-corrected chi connectivity index (χ0v) is 8.37. The van der Waals surface area contributed by atoms with E-state index in [0.29, 0.717) is 24.5 Å². The molecule has 0 spiro atoms. The smallest absolute Gasteiger partial charge is 0.235 e. The summed E-state index contributed by atoms with van der Waals surface area (Å²) in [6.07, 6.45) is 2.16. The van der Waals surface area contributed by atoms with Gasteiger partial charge in [-0.1, -0.05) is 0 Å². The summed E-state index contributed by atoms with van der Waals surface area (Å²) in [5.74, 6) is 0.613. The molecule has 2 heterocycles. The van der Waals surface area contributed by atoms with Crippen LogP contribution < -0.4 is 10.0 Å². The molecule has 6 heteroatoms. The number of aromatic nitrogens is 1. The molecule has 0 radical (unpaired) electrons. The number of sulfonamides is 1. The minimum atomic E-state index is -3.10. The maximum atomic E-state index is 11.5. The van der Waals surface area contributed by atoms with Gasteiger partial charge in [0.25, 0.3) is 0 Å². The Kier molecular flexibility index (Phi) is 2.07. The Balaban J connectivity index is 2.36. The van der Waals surface area contributed by atoms with Gasteiger partial charge in [-0.25, -0.2) is 13.4 Å². The zero-order chi connectivity index (χ0) is 10.2. The van der Waals surface area contributed by atoms with Crippen molar-refractivity contribution in [3.8, 4) is 0 Å². The van der Waals surface area contributed by atoms with Crippen molar-refractivity contribution in [2.75, 3.05) is 22.3 Å². The van der Waals surface area contributed by atoms with Crippen molar-refractivity contribution in [2.24, 2.45) is 0 Å². The van der Waals surface area contributed by atoms with Crippen molar-refractivity contribution in [3.63, 3.8) is 0 Å². The second kappa shape index (κ2) is 3.13. The molecule has 2 N–H and O–H groups in total. The quantitative estimate of drug-likeness (QED) is 0.723. The lowest BCUT2D eigenvalue weighted by molar-refractivity contribution is 0.599. The Morgan fingerprint density at radius 2 is 2.21 bits per heavy atom. The number of nitrogens with zero attached hydrogens (tertiary/aromatic N) is 2. The predicted octanol–water partition coefficient (Wildman–Crippen LogP) is 0.204. The highest BCUT2D eigenvalue weighted by Gasteiger charge is 2.28. The monoisotopic (exact) mass is 213 g/mol. The molecule has 0 unspecified atom stereocenters. The molecule has 1 aromatic rings. The molecule has 1 aliphatic rings. The van der Waals surface area contributed by atoms with E-state index in [2.05, 4.69) is 4.98 Å². The van der Waals surface area contributed by atoms with E-state index in [1.165, 1.54) is 10.5 Å². The number of anilines is 2. The van der Waals surface area contributed by atoms with E-state index >= 15 is 0 Å². The summed E-state index contributed by atoms with van der Waals surface area (Å²) in [5.41, 5.74) is 6.01. The first-order valence-electron chi connectivity index (χ1n) is 4.31. The van der Waals surface area contributed by atoms with Crippen LogP contribution >= 0.6 is 0 Å². The first-order valence-corrected chi connectivity index (χ1v) is 5.92. The largest absolute Gasteiger partial charge is 0.384 e. The van der Waals surface area contributed by atoms with Crippen LogP contribution in [0.3, 0.4) is 0 Å². The van der Waals surface area contributed by atoms with Crippen molar-refractivity contribution >= 4 is 21.5 Å². The van der Waals surface area contributed by atoms with Gasteiger partial charge < -0.3 is 5.73 Å². The predicted molar refractivity (Wildman–Crippen MR) is 54.4 cm³/mol. The van der Waals surface area contributed by atoms with Gasteiger partial charge in [0, 0.05) is 6.54 Å². The van der Waals surface area contributed by atoms with Crippen LogP contribution in [-0.4, -0.2) is 25.7 Å². The maximum Gasteiger partial charge on any atom is 0.235 e. The number of nitrogen functional groups attached to an aromatic ring is 1. The molecule has 14 heavy (non-hydrogen) atoms. The normalized spacial score (nSPS) is 19.9. The molecule has 1 aromatic heterocycles. The maximum absolute atomic E-state index is 11.5. The Morgan fingerprint density at radius 1 is 1.43 bits per heavy atom. The molecule has 0 bridgehead atoms. The Morgan fingerprint density at radius 3 is 2.71 bits per heavy atom. The summed E-state index contributed by atoms with van der Waals surface area (Å²) in [4.78, 5) is 3.86. The third kappa shape index (κ3) is 1.52. The molecule has 0 aliphatic carbocycles. The van der Waals surface area contributed by atoms with E-state index in [9.17, 15) is 8.42 Å². The Hall–Kier alpha value is -1.30. The summed E-state index contributed by atoms with van der Waals surface area (Å²) >= 11 is 0. The summed E-state index contributed by atoms with van der Waals surface area (Å²) in [6.45, 7) is 0.536. The van der Waals surface area contributed by atoms with Crippen molar-refractivity contribution < 1.29 is 8.42 Å². The van der Waals surface area contributed by atoms with Gasteiger partial charge in [0.15, 0.2) is 0 Å². The highest BCUT2D eigenvalue weighted by molar-refractivity contribution is 7.93. The van der Waals surface area contributed by atoms with Gasteiger partial charge in [-0.2, -0.15) is 0 Å². The molecule has 0 saturated carbocycles. The van der Waals surface area contributed by atoms with Gasteiger partial charge in [-0.3, -0.25) is 4.31 Å². The number of hydrogen-bond acceptors (Lipinski definition) is 4. The lowest BCUT2D eigenvalue weighted by atomic mass is 10.4. The fraction of sp³-hybridized carbons (Fsp3) is 0.375. The average Bonchev–Trinajstić information content (AvgIpc) is 2.47. The molecule has 2 rings (SSSR count). The fourth-order valence-corrected chi connectivity index (χ4v) is 3.03. The van der Waals surface area contributed by atoms with E-state index in [-0.39, 0.29) is 5.75 Å². The van der Waals surface area contributed by atoms with Crippen molar-refractivity contribution in [1.29, 1.82) is 0 Å². The van der Waals surface area contributed by atoms with Crippen molar-refractivity contribution in [2.45, 2.75) is 6.42 Å². The van der Waals surface area contributed by atoms with E-state index in [1.807, 2.05) is 0 Å². The van der Waals surface area contributed by atoms with E-state index in [4.69, 9.17) is 5.73 Å². The van der Waals surface area contributed by atoms with Crippen molar-refractivity contribution in [3.05, 3.63) is 18.3 Å². The van der Waals surface area contributed by atoms with Crippen LogP contribution in [0.4, 0.5) is 11.5 Å². The number of rotatable bonds is 1. The summed E-state index contributed by atoms with van der Waals surface area (Å²) in [5, 5.41) is 0. The van der Waals surface area contributed by atoms with E-state index in [0.717, 1.165) is 0 Å². The molecule has 0 aromatic carbocycles. The minimum absolute atomic E-state index is 0.220. The molecule has 5 nitrogen and oxygen atoms in total. The number of hydrogen-bond donors (Lipinski definition) is 1. The first-order chi connectivity index (χ1) is 6.59. The van der Waals surface area contributed by atoms with Gasteiger partial charge in [0.1, 0.15) is 5.82 Å². The molecule has 1 saturated heterocycles. The highest BCUT2D eigenvalue weighted by atomic mass is 32.2. The van der Waals surface area contributed by atoms with E-state index < -0.39 is 10.0 Å². The van der Waals surface area contributed by atoms with Crippen LogP contribution in [0.15, 0.2) is 18.3 Å². The van der Waals surface area contributed by atoms with Gasteiger partial charge in [0.05, 0.1) is 17.6 Å². The van der Waals surface area contributed by atoms with Crippen LogP contribution in [0.2, 0.25) is 0 Å². The van der Waals surface area contributed by atoms with Crippen LogP contribution in [0.1, 0.15) is 6.42 Å². The van der Waals surface area contributed by atoms with Gasteiger partial charge in [-0.05, 0) is 18.6 Å². The summed E-state index contributed by atoms with van der Waals surface area (Å²) in [6, 6.07) is 3.27. The molecular formula is C8H11N3O2S.